The molecule has 2 aromatic rings. The molecule has 0 heterocycles. The van der Waals surface area contributed by atoms with Crippen LogP contribution in [-0.2, 0) is 25.2 Å². The Hall–Kier alpha value is 0.254. The van der Waals surface area contributed by atoms with Gasteiger partial charge in [-0.1, -0.05) is 0 Å². The zero-order chi connectivity index (χ0) is 18.1. The predicted molar refractivity (Wildman–Crippen MR) is 115 cm³/mol. The van der Waals surface area contributed by atoms with Crippen LogP contribution in [0.5, 0.6) is 0 Å². The fourth-order valence-electron chi connectivity index (χ4n) is 1.70. The molecular weight excluding hydrogens is 431 g/mol. The molecule has 0 N–H and O–H groups in total. The van der Waals surface area contributed by atoms with E-state index in [0.29, 0.717) is 0 Å². The van der Waals surface area contributed by atoms with Crippen molar-refractivity contribution in [1.29, 1.82) is 0 Å². The van der Waals surface area contributed by atoms with Crippen molar-refractivity contribution in [3.8, 4) is 0 Å². The standard InChI is InChI=1S/2C9H12NS2.Ni/c2*1-8-4-6-9(7-5-8)11-12-10(2)3;/h2*4-7H,1H2,2-3H3;. The molecule has 7 heteroatoms. The Morgan fingerprint density at radius 2 is 1.00 bits per heavy atom. The third-order valence-electron chi connectivity index (χ3n) is 2.83. The topological polar surface area (TPSA) is 6.48 Å². The second-order valence-electron chi connectivity index (χ2n) is 5.61. The molecule has 0 fully saturated rings. The summed E-state index contributed by atoms with van der Waals surface area (Å²) in [4.78, 5) is 2.61. The van der Waals surface area contributed by atoms with Gasteiger partial charge in [-0.2, -0.15) is 0 Å². The van der Waals surface area contributed by atoms with Crippen molar-refractivity contribution in [1.82, 2.24) is 8.61 Å². The van der Waals surface area contributed by atoms with Gasteiger partial charge in [-0.3, -0.25) is 0 Å². The SMILES string of the molecule is CN(C)SSc1ccc([CH2][Ni][CH2]c2ccc(SSN(C)C)cc2)cc1. The van der Waals surface area contributed by atoms with E-state index in [2.05, 4.69) is 85.3 Å². The van der Waals surface area contributed by atoms with Crippen LogP contribution >= 0.6 is 43.5 Å². The van der Waals surface area contributed by atoms with Gasteiger partial charge in [0, 0.05) is 0 Å². The van der Waals surface area contributed by atoms with Crippen molar-refractivity contribution >= 4 is 43.5 Å². The fourth-order valence-corrected chi connectivity index (χ4v) is 5.90. The Morgan fingerprint density at radius 3 is 1.32 bits per heavy atom. The maximum absolute atomic E-state index is 2.25. The Labute approximate surface area is 174 Å². The molecule has 2 aromatic carbocycles. The van der Waals surface area contributed by atoms with E-state index >= 15 is 0 Å². The van der Waals surface area contributed by atoms with E-state index < -0.39 is 0 Å². The van der Waals surface area contributed by atoms with Crippen molar-refractivity contribution in [2.75, 3.05) is 28.2 Å². The number of rotatable bonds is 10. The molecule has 2 nitrogen and oxygen atoms in total. The summed E-state index contributed by atoms with van der Waals surface area (Å²) in [5, 5.41) is 2.15. The third-order valence-corrected chi connectivity index (χ3v) is 9.19. The van der Waals surface area contributed by atoms with Crippen molar-refractivity contribution < 1.29 is 14.4 Å². The van der Waals surface area contributed by atoms with E-state index in [-0.39, 0.29) is 0 Å². The Morgan fingerprint density at radius 1 is 0.640 bits per heavy atom. The van der Waals surface area contributed by atoms with Gasteiger partial charge in [-0.05, 0) is 0 Å². The zero-order valence-electron chi connectivity index (χ0n) is 14.9. The second-order valence-corrected chi connectivity index (χ2v) is 11.7. The average Bonchev–Trinajstić information content (AvgIpc) is 2.60. The second kappa shape index (κ2) is 11.9. The molecule has 25 heavy (non-hydrogen) atoms. The van der Waals surface area contributed by atoms with E-state index in [1.165, 1.54) is 20.9 Å². The van der Waals surface area contributed by atoms with Gasteiger partial charge < -0.3 is 0 Å². The first-order valence-corrected chi connectivity index (χ1v) is 13.3. The van der Waals surface area contributed by atoms with Gasteiger partial charge in [-0.15, -0.1) is 0 Å². The van der Waals surface area contributed by atoms with E-state index in [1.807, 2.05) is 0 Å². The Balaban J connectivity index is 1.73. The molecule has 0 amide bonds. The fraction of sp³-hybridized carbons (Fsp3) is 0.333. The van der Waals surface area contributed by atoms with Crippen LogP contribution in [-0.4, -0.2) is 36.8 Å². The molecule has 0 bridgehead atoms. The Kier molecular flexibility index (Phi) is 10.2. The van der Waals surface area contributed by atoms with Gasteiger partial charge in [-0.25, -0.2) is 0 Å². The zero-order valence-corrected chi connectivity index (χ0v) is 19.1. The molecule has 0 radical (unpaired) electrons. The summed E-state index contributed by atoms with van der Waals surface area (Å²) in [6.45, 7) is 0. The molecule has 0 unspecified atom stereocenters. The van der Waals surface area contributed by atoms with Crippen LogP contribution in [0.2, 0.25) is 0 Å². The normalized spacial score (nSPS) is 11.6. The third kappa shape index (κ3) is 9.14. The van der Waals surface area contributed by atoms with Crippen molar-refractivity contribution in [3.05, 3.63) is 59.7 Å². The van der Waals surface area contributed by atoms with Gasteiger partial charge in [0.05, 0.1) is 0 Å². The summed E-state index contributed by atoms with van der Waals surface area (Å²) in [5.74, 6) is 0. The first-order valence-electron chi connectivity index (χ1n) is 7.69. The first kappa shape index (κ1) is 21.6. The molecule has 0 saturated heterocycles. The predicted octanol–water partition coefficient (Wildman–Crippen LogP) is 5.90. The molecular formula is C18H24N2NiS4. The number of benzene rings is 2. The molecule has 0 spiro atoms. The van der Waals surface area contributed by atoms with Gasteiger partial charge in [0.15, 0.2) is 0 Å². The van der Waals surface area contributed by atoms with Crippen LogP contribution < -0.4 is 0 Å². The summed E-state index contributed by atoms with van der Waals surface area (Å²) >= 11 is 1.77. The van der Waals surface area contributed by atoms with Crippen LogP contribution in [0, 0.1) is 0 Å². The van der Waals surface area contributed by atoms with Gasteiger partial charge >= 0.3 is 175 Å². The van der Waals surface area contributed by atoms with Crippen LogP contribution in [0.15, 0.2) is 58.3 Å². The van der Waals surface area contributed by atoms with Crippen LogP contribution in [0.1, 0.15) is 11.1 Å². The van der Waals surface area contributed by atoms with Gasteiger partial charge in [0.1, 0.15) is 0 Å². The van der Waals surface area contributed by atoms with Crippen molar-refractivity contribution in [2.45, 2.75) is 20.6 Å². The first-order chi connectivity index (χ1) is 12.0. The minimum atomic E-state index is 1.08. The summed E-state index contributed by atoms with van der Waals surface area (Å²) in [5.41, 5.74) is 2.79. The molecule has 0 aliphatic rings. The van der Waals surface area contributed by atoms with E-state index in [1.54, 1.807) is 58.0 Å². The Bertz CT molecular complexity index is 562. The van der Waals surface area contributed by atoms with Crippen molar-refractivity contribution in [3.63, 3.8) is 0 Å². The average molecular weight is 455 g/mol. The van der Waals surface area contributed by atoms with Crippen LogP contribution in [0.3, 0.4) is 0 Å². The van der Waals surface area contributed by atoms with E-state index in [0.717, 1.165) is 10.8 Å². The van der Waals surface area contributed by atoms with Crippen molar-refractivity contribution in [2.24, 2.45) is 0 Å². The maximum atomic E-state index is 2.25. The summed E-state index contributed by atoms with van der Waals surface area (Å²) < 4.78 is 4.22. The van der Waals surface area contributed by atoms with Gasteiger partial charge in [0.25, 0.3) is 0 Å². The quantitative estimate of drug-likeness (QED) is 0.248. The van der Waals surface area contributed by atoms with Crippen LogP contribution in [0.25, 0.3) is 0 Å². The molecule has 2 rings (SSSR count). The minimum absolute atomic E-state index is 1.08. The number of hydrogen-bond donors (Lipinski definition) is 0. The molecule has 0 aliphatic heterocycles. The van der Waals surface area contributed by atoms with E-state index in [9.17, 15) is 0 Å². The van der Waals surface area contributed by atoms with Crippen LogP contribution in [0.4, 0.5) is 0 Å². The molecule has 0 saturated carbocycles. The monoisotopic (exact) mass is 454 g/mol. The molecule has 0 aromatic heterocycles. The van der Waals surface area contributed by atoms with Gasteiger partial charge in [0.2, 0.25) is 0 Å². The van der Waals surface area contributed by atoms with E-state index in [4.69, 9.17) is 0 Å². The molecule has 140 valence electrons. The molecule has 0 aliphatic carbocycles. The number of hydrogen-bond acceptors (Lipinski definition) is 6. The number of nitrogens with zero attached hydrogens (tertiary/aromatic N) is 2. The summed E-state index contributed by atoms with van der Waals surface area (Å²) in [7, 11) is 15.4. The summed E-state index contributed by atoms with van der Waals surface area (Å²) in [6.07, 6.45) is 0. The molecule has 0 atom stereocenters. The summed E-state index contributed by atoms with van der Waals surface area (Å²) in [6, 6.07) is 17.8.